The zero-order valence-electron chi connectivity index (χ0n) is 12.5. The van der Waals surface area contributed by atoms with Gasteiger partial charge < -0.3 is 19.3 Å². The van der Waals surface area contributed by atoms with Crippen LogP contribution in [0.25, 0.3) is 0 Å². The second kappa shape index (κ2) is 7.66. The highest BCUT2D eigenvalue weighted by Crippen LogP contribution is 2.42. The lowest BCUT2D eigenvalue weighted by atomic mass is 10.1. The fourth-order valence-electron chi connectivity index (χ4n) is 2.38. The van der Waals surface area contributed by atoms with Crippen LogP contribution in [0.5, 0.6) is 11.5 Å². The van der Waals surface area contributed by atoms with E-state index in [4.69, 9.17) is 19.3 Å². The molecule has 0 radical (unpaired) electrons. The molecule has 8 heteroatoms. The molecule has 0 unspecified atom stereocenters. The lowest BCUT2D eigenvalue weighted by Crippen LogP contribution is -2.35. The number of carbonyl (C=O) groups is 1. The van der Waals surface area contributed by atoms with Crippen LogP contribution in [0.3, 0.4) is 0 Å². The van der Waals surface area contributed by atoms with Crippen molar-refractivity contribution >= 4 is 27.7 Å². The minimum Gasteiger partial charge on any atom is -0.496 e. The number of hydrogen-bond acceptors (Lipinski definition) is 5. The molecule has 0 aliphatic carbocycles. The van der Waals surface area contributed by atoms with Crippen LogP contribution in [-0.4, -0.2) is 56.6 Å². The molecular weight excluding hydrogens is 356 g/mol. The predicted octanol–water partition coefficient (Wildman–Crippen LogP) is 2.39. The van der Waals surface area contributed by atoms with Gasteiger partial charge in [0.05, 0.1) is 43.2 Å². The molecule has 22 heavy (non-hydrogen) atoms. The summed E-state index contributed by atoms with van der Waals surface area (Å²) in [5, 5.41) is 11.2. The van der Waals surface area contributed by atoms with E-state index in [1.165, 1.54) is 0 Å². The van der Waals surface area contributed by atoms with E-state index in [1.807, 2.05) is 0 Å². The molecule has 0 bridgehead atoms. The molecule has 0 atom stereocenters. The molecule has 7 nitrogen and oxygen atoms in total. The van der Waals surface area contributed by atoms with Crippen molar-refractivity contribution in [2.45, 2.75) is 6.54 Å². The number of nitrogens with one attached hydrogen (secondary N) is 1. The van der Waals surface area contributed by atoms with Gasteiger partial charge in [-0.25, -0.2) is 4.79 Å². The Kier molecular flexibility index (Phi) is 5.87. The largest absolute Gasteiger partial charge is 0.496 e. The lowest BCUT2D eigenvalue weighted by molar-refractivity contribution is 0.0335. The van der Waals surface area contributed by atoms with Crippen LogP contribution < -0.4 is 14.8 Å². The van der Waals surface area contributed by atoms with Crippen molar-refractivity contribution in [3.8, 4) is 11.5 Å². The molecule has 2 rings (SSSR count). The summed E-state index contributed by atoms with van der Waals surface area (Å²) in [7, 11) is 3.10. The molecule has 1 heterocycles. The average Bonchev–Trinajstić information content (AvgIpc) is 2.51. The molecule has 0 saturated carbocycles. The molecule has 2 N–H and O–H groups in total. The van der Waals surface area contributed by atoms with Crippen LogP contribution in [0.15, 0.2) is 10.5 Å². The Morgan fingerprint density at radius 3 is 2.64 bits per heavy atom. The Bertz CT molecular complexity index is 547. The second-order valence-corrected chi connectivity index (χ2v) is 5.56. The third kappa shape index (κ3) is 3.82. The van der Waals surface area contributed by atoms with Gasteiger partial charge in [-0.1, -0.05) is 0 Å². The van der Waals surface area contributed by atoms with Crippen LogP contribution in [0.4, 0.5) is 10.5 Å². The van der Waals surface area contributed by atoms with Crippen molar-refractivity contribution in [1.82, 2.24) is 4.90 Å². The number of nitrogens with zero attached hydrogens (tertiary/aromatic N) is 1. The summed E-state index contributed by atoms with van der Waals surface area (Å²) in [6, 6.07) is 1.65. The molecule has 0 aromatic heterocycles. The van der Waals surface area contributed by atoms with Gasteiger partial charge in [0.1, 0.15) is 11.5 Å². The van der Waals surface area contributed by atoms with Crippen molar-refractivity contribution in [2.24, 2.45) is 0 Å². The number of anilines is 1. The molecule has 1 aliphatic heterocycles. The molecule has 0 spiro atoms. The van der Waals surface area contributed by atoms with Crippen molar-refractivity contribution < 1.29 is 24.1 Å². The van der Waals surface area contributed by atoms with E-state index in [9.17, 15) is 4.79 Å². The third-order valence-corrected chi connectivity index (χ3v) is 4.22. The Morgan fingerprint density at radius 1 is 1.41 bits per heavy atom. The molecule has 122 valence electrons. The number of methoxy groups -OCH3 is 2. The number of rotatable bonds is 5. The highest BCUT2D eigenvalue weighted by Gasteiger charge is 2.22. The van der Waals surface area contributed by atoms with E-state index in [2.05, 4.69) is 26.1 Å². The zero-order chi connectivity index (χ0) is 16.1. The van der Waals surface area contributed by atoms with Crippen LogP contribution in [0.2, 0.25) is 0 Å². The smallest absolute Gasteiger partial charge is 0.409 e. The summed E-state index contributed by atoms with van der Waals surface area (Å²) in [4.78, 5) is 13.1. The van der Waals surface area contributed by atoms with Gasteiger partial charge in [0.2, 0.25) is 0 Å². The zero-order valence-corrected chi connectivity index (χ0v) is 14.1. The van der Waals surface area contributed by atoms with Gasteiger partial charge in [-0.05, 0) is 15.9 Å². The molecule has 1 fully saturated rings. The van der Waals surface area contributed by atoms with Crippen molar-refractivity contribution in [1.29, 1.82) is 0 Å². The van der Waals surface area contributed by atoms with Gasteiger partial charge in [0.25, 0.3) is 0 Å². The lowest BCUT2D eigenvalue weighted by Gasteiger charge is -2.28. The quantitative estimate of drug-likeness (QED) is 0.823. The Morgan fingerprint density at radius 2 is 2.09 bits per heavy atom. The monoisotopic (exact) mass is 374 g/mol. The fourth-order valence-corrected chi connectivity index (χ4v) is 3.00. The highest BCUT2D eigenvalue weighted by molar-refractivity contribution is 9.10. The Hall–Kier alpha value is -1.51. The number of amides is 1. The van der Waals surface area contributed by atoms with Gasteiger partial charge in [0.15, 0.2) is 0 Å². The summed E-state index contributed by atoms with van der Waals surface area (Å²) in [6.07, 6.45) is -1.15. The minimum absolute atomic E-state index is 0.381. The van der Waals surface area contributed by atoms with Crippen molar-refractivity contribution in [2.75, 3.05) is 45.8 Å². The maximum Gasteiger partial charge on any atom is 0.409 e. The van der Waals surface area contributed by atoms with Crippen LogP contribution in [-0.2, 0) is 11.3 Å². The number of ether oxygens (including phenoxy) is 3. The normalized spacial score (nSPS) is 15.4. The standard InChI is InChI=1S/C14H19BrN2O5/c1-20-11-7-10(16-14(18)19)12(15)13(21-2)9(11)8-17-3-5-22-6-4-17/h7,16H,3-6,8H2,1-2H3,(H,18,19). The first-order chi connectivity index (χ1) is 10.6. The van der Waals surface area contributed by atoms with Crippen LogP contribution >= 0.6 is 15.9 Å². The van der Waals surface area contributed by atoms with E-state index in [0.29, 0.717) is 41.4 Å². The summed E-state index contributed by atoms with van der Waals surface area (Å²) in [5.74, 6) is 1.14. The highest BCUT2D eigenvalue weighted by atomic mass is 79.9. The first-order valence-electron chi connectivity index (χ1n) is 6.80. The van der Waals surface area contributed by atoms with Gasteiger partial charge in [-0.3, -0.25) is 10.2 Å². The summed E-state index contributed by atoms with van der Waals surface area (Å²) >= 11 is 3.40. The first-order valence-corrected chi connectivity index (χ1v) is 7.59. The van der Waals surface area contributed by atoms with Crippen molar-refractivity contribution in [3.63, 3.8) is 0 Å². The molecule has 1 saturated heterocycles. The topological polar surface area (TPSA) is 80.3 Å². The van der Waals surface area contributed by atoms with Gasteiger partial charge in [-0.15, -0.1) is 0 Å². The second-order valence-electron chi connectivity index (χ2n) is 4.77. The van der Waals surface area contributed by atoms with E-state index in [1.54, 1.807) is 20.3 Å². The van der Waals surface area contributed by atoms with E-state index >= 15 is 0 Å². The van der Waals surface area contributed by atoms with E-state index in [-0.39, 0.29) is 0 Å². The number of morpholine rings is 1. The van der Waals surface area contributed by atoms with Gasteiger partial charge >= 0.3 is 6.09 Å². The predicted molar refractivity (Wildman–Crippen MR) is 85.0 cm³/mol. The Balaban J connectivity index is 2.37. The number of carboxylic acid groups (broad SMARTS) is 1. The van der Waals surface area contributed by atoms with E-state index < -0.39 is 6.09 Å². The summed E-state index contributed by atoms with van der Waals surface area (Å²) in [6.45, 7) is 3.70. The molecule has 1 amide bonds. The van der Waals surface area contributed by atoms with Gasteiger partial charge in [-0.2, -0.15) is 0 Å². The summed E-state index contributed by atoms with van der Waals surface area (Å²) in [5.41, 5.74) is 1.25. The molecule has 1 aromatic carbocycles. The third-order valence-electron chi connectivity index (χ3n) is 3.43. The maximum absolute atomic E-state index is 10.9. The minimum atomic E-state index is -1.15. The molecular formula is C14H19BrN2O5. The SMILES string of the molecule is COc1cc(NC(=O)O)c(Br)c(OC)c1CN1CCOCC1. The fraction of sp³-hybridized carbons (Fsp3) is 0.500. The average molecular weight is 375 g/mol. The van der Waals surface area contributed by atoms with Gasteiger partial charge in [0, 0.05) is 25.7 Å². The molecule has 1 aromatic rings. The number of halogens is 1. The van der Waals surface area contributed by atoms with Crippen LogP contribution in [0, 0.1) is 0 Å². The number of hydrogen-bond donors (Lipinski definition) is 2. The van der Waals surface area contributed by atoms with E-state index in [0.717, 1.165) is 18.7 Å². The first kappa shape index (κ1) is 16.9. The maximum atomic E-state index is 10.9. The Labute approximate surface area is 137 Å². The van der Waals surface area contributed by atoms with Crippen molar-refractivity contribution in [3.05, 3.63) is 16.1 Å². The summed E-state index contributed by atoms with van der Waals surface area (Å²) < 4.78 is 16.8. The van der Waals surface area contributed by atoms with Crippen LogP contribution in [0.1, 0.15) is 5.56 Å². The molecule has 1 aliphatic rings. The number of benzene rings is 1.